The van der Waals surface area contributed by atoms with Crippen molar-refractivity contribution in [3.63, 3.8) is 0 Å². The van der Waals surface area contributed by atoms with E-state index in [2.05, 4.69) is 51.4 Å². The van der Waals surface area contributed by atoms with Gasteiger partial charge in [-0.2, -0.15) is 0 Å². The summed E-state index contributed by atoms with van der Waals surface area (Å²) < 4.78 is 10.7. The summed E-state index contributed by atoms with van der Waals surface area (Å²) in [5.74, 6) is 2.48. The second-order valence-corrected chi connectivity index (χ2v) is 6.89. The van der Waals surface area contributed by atoms with Crippen LogP contribution < -0.4 is 25.4 Å². The van der Waals surface area contributed by atoms with Crippen LogP contribution in [0.15, 0.2) is 67.0 Å². The highest BCUT2D eigenvalue weighted by Crippen LogP contribution is 2.38. The summed E-state index contributed by atoms with van der Waals surface area (Å²) in [6.07, 6.45) is 1.51. The number of ether oxygens (including phenoxy) is 2. The molecule has 0 fully saturated rings. The topological polar surface area (TPSA) is 85.5 Å². The molecular formula is C24H25N5O2. The zero-order chi connectivity index (χ0) is 21.8. The van der Waals surface area contributed by atoms with Crippen LogP contribution >= 0.6 is 0 Å². The van der Waals surface area contributed by atoms with Crippen molar-refractivity contribution in [1.29, 1.82) is 0 Å². The molecular weight excluding hydrogens is 390 g/mol. The molecule has 0 aliphatic rings. The Hall–Kier alpha value is -4.00. The second-order valence-electron chi connectivity index (χ2n) is 6.89. The number of hydrogen-bond donors (Lipinski definition) is 2. The molecule has 0 amide bonds. The number of rotatable bonds is 7. The minimum Gasteiger partial charge on any atom is -0.497 e. The van der Waals surface area contributed by atoms with Crippen LogP contribution in [-0.4, -0.2) is 30.7 Å². The van der Waals surface area contributed by atoms with E-state index in [0.29, 0.717) is 35.4 Å². The number of hydrogen-bond acceptors (Lipinski definition) is 7. The van der Waals surface area contributed by atoms with Crippen molar-refractivity contribution in [2.75, 3.05) is 36.7 Å². The highest BCUT2D eigenvalue weighted by molar-refractivity contribution is 5.97. The molecule has 0 aliphatic carbocycles. The third kappa shape index (κ3) is 3.90. The molecule has 3 aromatic carbocycles. The Morgan fingerprint density at radius 1 is 0.968 bits per heavy atom. The van der Waals surface area contributed by atoms with Crippen LogP contribution in [0.1, 0.15) is 6.92 Å². The average Bonchev–Trinajstić information content (AvgIpc) is 2.82. The zero-order valence-corrected chi connectivity index (χ0v) is 17.8. The number of anilines is 5. The molecule has 4 aromatic rings. The number of nitrogen functional groups attached to an aromatic ring is 1. The van der Waals surface area contributed by atoms with Crippen molar-refractivity contribution in [2.45, 2.75) is 6.92 Å². The predicted molar refractivity (Wildman–Crippen MR) is 126 cm³/mol. The molecule has 1 heterocycles. The van der Waals surface area contributed by atoms with Crippen LogP contribution in [0.25, 0.3) is 10.8 Å². The van der Waals surface area contributed by atoms with E-state index in [1.54, 1.807) is 20.3 Å². The highest BCUT2D eigenvalue weighted by atomic mass is 16.5. The number of nitrogens with zero attached hydrogens (tertiary/aromatic N) is 3. The lowest BCUT2D eigenvalue weighted by molar-refractivity contribution is 0.395. The van der Waals surface area contributed by atoms with E-state index in [1.165, 1.54) is 6.33 Å². The zero-order valence-electron chi connectivity index (χ0n) is 17.8. The van der Waals surface area contributed by atoms with Crippen molar-refractivity contribution in [2.24, 2.45) is 0 Å². The number of nitrogens with two attached hydrogens (primary N) is 1. The summed E-state index contributed by atoms with van der Waals surface area (Å²) in [5, 5.41) is 5.56. The van der Waals surface area contributed by atoms with E-state index in [0.717, 1.165) is 22.1 Å². The third-order valence-corrected chi connectivity index (χ3v) is 5.15. The van der Waals surface area contributed by atoms with E-state index in [1.807, 2.05) is 30.3 Å². The Kier molecular flexibility index (Phi) is 5.75. The van der Waals surface area contributed by atoms with Crippen LogP contribution in [0.5, 0.6) is 11.5 Å². The van der Waals surface area contributed by atoms with Crippen molar-refractivity contribution in [3.05, 3.63) is 67.0 Å². The number of fused-ring (bicyclic) bond motifs is 1. The van der Waals surface area contributed by atoms with E-state index in [4.69, 9.17) is 15.2 Å². The van der Waals surface area contributed by atoms with E-state index in [9.17, 15) is 0 Å². The van der Waals surface area contributed by atoms with E-state index >= 15 is 0 Å². The quantitative estimate of drug-likeness (QED) is 0.433. The van der Waals surface area contributed by atoms with Gasteiger partial charge in [-0.25, -0.2) is 9.97 Å². The molecule has 4 rings (SSSR count). The van der Waals surface area contributed by atoms with Gasteiger partial charge in [0.05, 0.1) is 25.6 Å². The first-order chi connectivity index (χ1) is 15.2. The molecule has 1 aromatic heterocycles. The van der Waals surface area contributed by atoms with Gasteiger partial charge in [0.1, 0.15) is 23.5 Å². The number of benzene rings is 3. The minimum atomic E-state index is 0.454. The molecule has 7 heteroatoms. The summed E-state index contributed by atoms with van der Waals surface area (Å²) in [4.78, 5) is 11.0. The molecule has 0 unspecified atom stereocenters. The average molecular weight is 415 g/mol. The first kappa shape index (κ1) is 20.3. The molecule has 31 heavy (non-hydrogen) atoms. The Morgan fingerprint density at radius 2 is 1.77 bits per heavy atom. The van der Waals surface area contributed by atoms with Crippen LogP contribution in [0, 0.1) is 0 Å². The fourth-order valence-corrected chi connectivity index (χ4v) is 3.61. The smallest absolute Gasteiger partial charge is 0.161 e. The minimum absolute atomic E-state index is 0.454. The molecule has 0 spiro atoms. The lowest BCUT2D eigenvalue weighted by atomic mass is 10.1. The number of nitrogens with one attached hydrogen (secondary N) is 1. The van der Waals surface area contributed by atoms with Crippen LogP contribution in [0.4, 0.5) is 28.7 Å². The number of methoxy groups -OCH3 is 2. The third-order valence-electron chi connectivity index (χ3n) is 5.15. The SMILES string of the molecule is CCN(c1ncnc(Nc2ccc(OC)cc2OC)c1N)c1cccc2ccccc12. The molecule has 3 N–H and O–H groups in total. The largest absolute Gasteiger partial charge is 0.497 e. The molecule has 0 saturated heterocycles. The Balaban J connectivity index is 1.75. The summed E-state index contributed by atoms with van der Waals surface area (Å²) in [5.41, 5.74) is 8.77. The maximum atomic E-state index is 6.54. The molecule has 0 radical (unpaired) electrons. The highest BCUT2D eigenvalue weighted by Gasteiger charge is 2.18. The van der Waals surface area contributed by atoms with Gasteiger partial charge in [0, 0.05) is 18.0 Å². The van der Waals surface area contributed by atoms with Gasteiger partial charge in [-0.1, -0.05) is 36.4 Å². The van der Waals surface area contributed by atoms with Crippen molar-refractivity contribution < 1.29 is 9.47 Å². The molecule has 7 nitrogen and oxygen atoms in total. The van der Waals surface area contributed by atoms with Gasteiger partial charge >= 0.3 is 0 Å². The molecule has 0 saturated carbocycles. The fourth-order valence-electron chi connectivity index (χ4n) is 3.61. The Bertz CT molecular complexity index is 1210. The molecule has 158 valence electrons. The summed E-state index contributed by atoms with van der Waals surface area (Å²) >= 11 is 0. The van der Waals surface area contributed by atoms with Crippen molar-refractivity contribution in [1.82, 2.24) is 9.97 Å². The second kappa shape index (κ2) is 8.79. The van der Waals surface area contributed by atoms with Gasteiger partial charge < -0.3 is 25.4 Å². The van der Waals surface area contributed by atoms with Gasteiger partial charge in [-0.15, -0.1) is 0 Å². The Morgan fingerprint density at radius 3 is 2.55 bits per heavy atom. The maximum absolute atomic E-state index is 6.54. The van der Waals surface area contributed by atoms with Crippen LogP contribution in [0.3, 0.4) is 0 Å². The summed E-state index contributed by atoms with van der Waals surface area (Å²) in [6.45, 7) is 2.77. The van der Waals surface area contributed by atoms with Gasteiger partial charge in [-0.3, -0.25) is 0 Å². The van der Waals surface area contributed by atoms with Gasteiger partial charge in [0.15, 0.2) is 11.6 Å². The predicted octanol–water partition coefficient (Wildman–Crippen LogP) is 5.13. The van der Waals surface area contributed by atoms with Crippen LogP contribution in [-0.2, 0) is 0 Å². The molecule has 0 aliphatic heterocycles. The molecule has 0 bridgehead atoms. The first-order valence-corrected chi connectivity index (χ1v) is 10.0. The van der Waals surface area contributed by atoms with Gasteiger partial charge in [0.25, 0.3) is 0 Å². The summed E-state index contributed by atoms with van der Waals surface area (Å²) in [7, 11) is 3.22. The lowest BCUT2D eigenvalue weighted by Crippen LogP contribution is -2.20. The van der Waals surface area contributed by atoms with Gasteiger partial charge in [0.2, 0.25) is 0 Å². The summed E-state index contributed by atoms with van der Waals surface area (Å²) in [6, 6.07) is 20.0. The van der Waals surface area contributed by atoms with E-state index < -0.39 is 0 Å². The van der Waals surface area contributed by atoms with Crippen molar-refractivity contribution >= 4 is 39.5 Å². The Labute approximate surface area is 181 Å². The molecule has 0 atom stereocenters. The maximum Gasteiger partial charge on any atom is 0.161 e. The van der Waals surface area contributed by atoms with Crippen molar-refractivity contribution in [3.8, 4) is 11.5 Å². The number of aromatic nitrogens is 2. The normalized spacial score (nSPS) is 10.7. The fraction of sp³-hybridized carbons (Fsp3) is 0.167. The standard InChI is InChI=1S/C24H25N5O2/c1-4-29(20-11-7-9-16-8-5-6-10-18(16)20)24-22(25)23(26-15-27-24)28-19-13-12-17(30-2)14-21(19)31-3/h5-15H,4,25H2,1-3H3,(H,26,27,28). The monoisotopic (exact) mass is 415 g/mol. The van der Waals surface area contributed by atoms with Gasteiger partial charge in [-0.05, 0) is 30.5 Å². The lowest BCUT2D eigenvalue weighted by Gasteiger charge is -2.25. The first-order valence-electron chi connectivity index (χ1n) is 10.0. The van der Waals surface area contributed by atoms with E-state index in [-0.39, 0.29) is 0 Å². The van der Waals surface area contributed by atoms with Crippen LogP contribution in [0.2, 0.25) is 0 Å².